The van der Waals surface area contributed by atoms with E-state index in [-0.39, 0.29) is 0 Å². The molecule has 1 aromatic carbocycles. The molecule has 0 spiro atoms. The topological polar surface area (TPSA) is 48.1 Å². The van der Waals surface area contributed by atoms with Crippen molar-refractivity contribution in [3.05, 3.63) is 41.4 Å². The van der Waals surface area contributed by atoms with Gasteiger partial charge in [0.1, 0.15) is 15.5 Å². The van der Waals surface area contributed by atoms with Crippen LogP contribution in [0.3, 0.4) is 0 Å². The maximum Gasteiger partial charge on any atom is 0.127 e. The number of nitrogens with zero attached hydrogens (tertiary/aromatic N) is 1. The summed E-state index contributed by atoms with van der Waals surface area (Å²) in [7, 11) is 1.65. The number of ether oxygens (including phenoxy) is 1. The zero-order valence-corrected chi connectivity index (χ0v) is 11.7. The quantitative estimate of drug-likeness (QED) is 0.730. The zero-order valence-electron chi connectivity index (χ0n) is 10.9. The minimum absolute atomic E-state index is 0.613. The van der Waals surface area contributed by atoms with Gasteiger partial charge in [-0.2, -0.15) is 0 Å². The Morgan fingerprint density at radius 3 is 2.80 bits per heavy atom. The van der Waals surface area contributed by atoms with Gasteiger partial charge in [0.15, 0.2) is 0 Å². The highest BCUT2D eigenvalue weighted by Crippen LogP contribution is 2.41. The summed E-state index contributed by atoms with van der Waals surface area (Å²) in [6, 6.07) is 9.76. The van der Waals surface area contributed by atoms with Crippen LogP contribution in [0.15, 0.2) is 36.5 Å². The van der Waals surface area contributed by atoms with Gasteiger partial charge in [0.05, 0.1) is 12.8 Å². The van der Waals surface area contributed by atoms with Crippen molar-refractivity contribution in [1.29, 1.82) is 0 Å². The number of thiophene rings is 1. The van der Waals surface area contributed by atoms with E-state index in [4.69, 9.17) is 16.9 Å². The first kappa shape index (κ1) is 12.5. The Morgan fingerprint density at radius 1 is 1.25 bits per heavy atom. The van der Waals surface area contributed by atoms with Gasteiger partial charge in [0.2, 0.25) is 0 Å². The van der Waals surface area contributed by atoms with Crippen LogP contribution in [0.4, 0.5) is 5.69 Å². The van der Waals surface area contributed by atoms with Crippen molar-refractivity contribution in [2.24, 2.45) is 0 Å². The average molecular weight is 280 g/mol. The fourth-order valence-electron chi connectivity index (χ4n) is 2.24. The van der Waals surface area contributed by atoms with Gasteiger partial charge in [0, 0.05) is 17.1 Å². The van der Waals surface area contributed by atoms with Crippen LogP contribution in [0, 0.1) is 12.3 Å². The Labute approximate surface area is 121 Å². The van der Waals surface area contributed by atoms with Gasteiger partial charge in [0.25, 0.3) is 0 Å². The van der Waals surface area contributed by atoms with E-state index in [0.717, 1.165) is 32.0 Å². The summed E-state index contributed by atoms with van der Waals surface area (Å²) in [5, 5.41) is 0.898. The highest BCUT2D eigenvalue weighted by Gasteiger charge is 2.15. The molecule has 0 atom stereocenters. The van der Waals surface area contributed by atoms with Crippen LogP contribution in [0.2, 0.25) is 0 Å². The molecular weight excluding hydrogens is 268 g/mol. The molecule has 2 N–H and O–H groups in total. The number of pyridine rings is 1. The molecule has 0 aliphatic heterocycles. The van der Waals surface area contributed by atoms with Gasteiger partial charge < -0.3 is 10.5 Å². The monoisotopic (exact) mass is 280 g/mol. The summed E-state index contributed by atoms with van der Waals surface area (Å²) in [5.41, 5.74) is 8.75. The van der Waals surface area contributed by atoms with Crippen molar-refractivity contribution in [2.75, 3.05) is 12.8 Å². The van der Waals surface area contributed by atoms with E-state index in [1.54, 1.807) is 13.3 Å². The van der Waals surface area contributed by atoms with Gasteiger partial charge in [-0.15, -0.1) is 17.8 Å². The largest absolute Gasteiger partial charge is 0.496 e. The first-order chi connectivity index (χ1) is 9.76. The smallest absolute Gasteiger partial charge is 0.127 e. The number of nitrogens with two attached hydrogens (primary N) is 1. The predicted molar refractivity (Wildman–Crippen MR) is 84.0 cm³/mol. The molecule has 0 saturated carbocycles. The highest BCUT2D eigenvalue weighted by molar-refractivity contribution is 7.20. The van der Waals surface area contributed by atoms with Crippen LogP contribution in [0.5, 0.6) is 5.75 Å². The lowest BCUT2D eigenvalue weighted by molar-refractivity contribution is 0.416. The van der Waals surface area contributed by atoms with Crippen molar-refractivity contribution in [2.45, 2.75) is 0 Å². The molecule has 3 aromatic rings. The van der Waals surface area contributed by atoms with Gasteiger partial charge in [-0.25, -0.2) is 4.98 Å². The first-order valence-corrected chi connectivity index (χ1v) is 6.85. The maximum atomic E-state index is 6.17. The number of para-hydroxylation sites is 1. The lowest BCUT2D eigenvalue weighted by atomic mass is 10.0. The highest BCUT2D eigenvalue weighted by atomic mass is 32.1. The summed E-state index contributed by atoms with van der Waals surface area (Å²) in [5.74, 6) is 3.41. The molecule has 0 saturated heterocycles. The van der Waals surface area contributed by atoms with Crippen molar-refractivity contribution >= 4 is 27.2 Å². The summed E-state index contributed by atoms with van der Waals surface area (Å²) in [6.07, 6.45) is 7.25. The Balaban J connectivity index is 2.37. The third-order valence-electron chi connectivity index (χ3n) is 3.16. The zero-order chi connectivity index (χ0) is 14.1. The standard InChI is InChI=1S/C16H12N2OS/c1-3-13-15(17)14-11(8-9-18-16(14)20-13)10-6-4-5-7-12(10)19-2/h1,4-9H,17H2,2H3. The summed E-state index contributed by atoms with van der Waals surface area (Å²) >= 11 is 1.43. The fourth-order valence-corrected chi connectivity index (χ4v) is 3.14. The van der Waals surface area contributed by atoms with Gasteiger partial charge >= 0.3 is 0 Å². The number of aromatic nitrogens is 1. The number of hydrogen-bond donors (Lipinski definition) is 1. The number of fused-ring (bicyclic) bond motifs is 1. The normalized spacial score (nSPS) is 10.4. The molecular formula is C16H12N2OS. The number of methoxy groups -OCH3 is 1. The van der Waals surface area contributed by atoms with E-state index < -0.39 is 0 Å². The van der Waals surface area contributed by atoms with Crippen LogP contribution in [0.1, 0.15) is 4.88 Å². The molecule has 20 heavy (non-hydrogen) atoms. The molecule has 3 rings (SSSR count). The third kappa shape index (κ3) is 1.80. The summed E-state index contributed by atoms with van der Waals surface area (Å²) in [4.78, 5) is 5.92. The average Bonchev–Trinajstić information content (AvgIpc) is 2.84. The number of benzene rings is 1. The second-order valence-corrected chi connectivity index (χ2v) is 5.23. The number of hydrogen-bond acceptors (Lipinski definition) is 4. The molecule has 0 unspecified atom stereocenters. The van der Waals surface area contributed by atoms with Crippen LogP contribution in [0.25, 0.3) is 21.3 Å². The van der Waals surface area contributed by atoms with Crippen LogP contribution in [-0.2, 0) is 0 Å². The number of terminal acetylenes is 1. The Kier molecular flexibility index (Phi) is 3.05. The van der Waals surface area contributed by atoms with Crippen LogP contribution in [-0.4, -0.2) is 12.1 Å². The van der Waals surface area contributed by atoms with Crippen molar-refractivity contribution in [3.8, 4) is 29.2 Å². The van der Waals surface area contributed by atoms with Gasteiger partial charge in [-0.05, 0) is 17.7 Å². The van der Waals surface area contributed by atoms with E-state index in [9.17, 15) is 0 Å². The van der Waals surface area contributed by atoms with E-state index >= 15 is 0 Å². The summed E-state index contributed by atoms with van der Waals surface area (Å²) < 4.78 is 5.42. The minimum atomic E-state index is 0.613. The SMILES string of the molecule is C#Cc1sc2nccc(-c3ccccc3OC)c2c1N. The fraction of sp³-hybridized carbons (Fsp3) is 0.0625. The number of rotatable bonds is 2. The summed E-state index contributed by atoms with van der Waals surface area (Å²) in [6.45, 7) is 0. The number of anilines is 1. The van der Waals surface area contributed by atoms with E-state index in [1.807, 2.05) is 30.3 Å². The molecule has 98 valence electrons. The van der Waals surface area contributed by atoms with Crippen molar-refractivity contribution in [3.63, 3.8) is 0 Å². The third-order valence-corrected chi connectivity index (χ3v) is 4.20. The van der Waals surface area contributed by atoms with Gasteiger partial charge in [-0.3, -0.25) is 0 Å². The molecule has 2 aromatic heterocycles. The number of nitrogen functional groups attached to an aromatic ring is 1. The molecule has 0 radical (unpaired) electrons. The van der Waals surface area contributed by atoms with E-state index in [1.165, 1.54) is 11.3 Å². The second-order valence-electron chi connectivity index (χ2n) is 4.23. The van der Waals surface area contributed by atoms with E-state index in [2.05, 4.69) is 10.9 Å². The molecule has 4 heteroatoms. The predicted octanol–water partition coefficient (Wildman–Crippen LogP) is 3.54. The Hall–Kier alpha value is -2.51. The second kappa shape index (κ2) is 4.87. The Bertz CT molecular complexity index is 830. The molecule has 3 nitrogen and oxygen atoms in total. The lowest BCUT2D eigenvalue weighted by Gasteiger charge is -2.09. The molecule has 0 aliphatic carbocycles. The van der Waals surface area contributed by atoms with E-state index in [0.29, 0.717) is 5.69 Å². The maximum absolute atomic E-state index is 6.17. The Morgan fingerprint density at radius 2 is 2.05 bits per heavy atom. The lowest BCUT2D eigenvalue weighted by Crippen LogP contribution is -1.91. The molecule has 0 amide bonds. The van der Waals surface area contributed by atoms with Crippen molar-refractivity contribution < 1.29 is 4.74 Å². The first-order valence-electron chi connectivity index (χ1n) is 6.03. The molecule has 0 fully saturated rings. The van der Waals surface area contributed by atoms with Crippen LogP contribution >= 0.6 is 11.3 Å². The van der Waals surface area contributed by atoms with Crippen molar-refractivity contribution in [1.82, 2.24) is 4.98 Å². The molecule has 0 aliphatic rings. The minimum Gasteiger partial charge on any atom is -0.496 e. The molecule has 0 bridgehead atoms. The van der Waals surface area contributed by atoms with Gasteiger partial charge in [-0.1, -0.05) is 24.1 Å². The van der Waals surface area contributed by atoms with Crippen LogP contribution < -0.4 is 10.5 Å². The molecule has 2 heterocycles.